The molecule has 1 aromatic rings. The molecule has 2 saturated carbocycles. The number of rotatable bonds is 4. The van der Waals surface area contributed by atoms with Crippen LogP contribution >= 0.6 is 0 Å². The van der Waals surface area contributed by atoms with Crippen molar-refractivity contribution >= 4 is 27.4 Å². The number of carbonyl (C=O) groups is 2. The average molecular weight is 419 g/mol. The maximum absolute atomic E-state index is 13.4. The number of piperazine rings is 1. The molecule has 3 unspecified atom stereocenters. The third-order valence-electron chi connectivity index (χ3n) is 7.93. The highest BCUT2D eigenvalue weighted by molar-refractivity contribution is 7.89. The smallest absolute Gasteiger partial charge is 0.245 e. The van der Waals surface area contributed by atoms with Crippen LogP contribution in [0.4, 0.5) is 5.69 Å². The predicted molar refractivity (Wildman–Crippen MR) is 112 cm³/mol. The number of anilines is 1. The number of Topliss-reactive ketones (excluding diaryl/α,β-unsaturated/α-hetero) is 1. The molecule has 0 N–H and O–H groups in total. The Morgan fingerprint density at radius 2 is 1.83 bits per heavy atom. The van der Waals surface area contributed by atoms with Gasteiger partial charge < -0.3 is 4.90 Å². The second-order valence-corrected chi connectivity index (χ2v) is 11.4. The first kappa shape index (κ1) is 20.5. The van der Waals surface area contributed by atoms with Gasteiger partial charge in [-0.05, 0) is 49.7 Å². The Kier molecular flexibility index (Phi) is 4.70. The number of ketones is 1. The van der Waals surface area contributed by atoms with Gasteiger partial charge >= 0.3 is 0 Å². The maximum Gasteiger partial charge on any atom is 0.245 e. The van der Waals surface area contributed by atoms with Gasteiger partial charge in [-0.1, -0.05) is 32.0 Å². The summed E-state index contributed by atoms with van der Waals surface area (Å²) in [4.78, 5) is 27.6. The molecule has 4 rings (SSSR count). The SMILES string of the molecule is Cc1ccccc1N1CCN(S(=O)(=O)CC23CCC(CC2=O)C3(C)C)C(C)C1=O. The minimum Gasteiger partial charge on any atom is -0.309 e. The lowest BCUT2D eigenvalue weighted by Crippen LogP contribution is -2.59. The summed E-state index contributed by atoms with van der Waals surface area (Å²) in [6, 6.07) is 6.86. The Morgan fingerprint density at radius 1 is 1.14 bits per heavy atom. The molecule has 1 amide bonds. The van der Waals surface area contributed by atoms with E-state index in [1.807, 2.05) is 45.0 Å². The van der Waals surface area contributed by atoms with Gasteiger partial charge in [-0.15, -0.1) is 0 Å². The molecule has 1 saturated heterocycles. The molecular weight excluding hydrogens is 388 g/mol. The Balaban J connectivity index is 1.59. The number of fused-ring (bicyclic) bond motifs is 2. The van der Waals surface area contributed by atoms with E-state index in [1.54, 1.807) is 11.8 Å². The summed E-state index contributed by atoms with van der Waals surface area (Å²) < 4.78 is 28.2. The monoisotopic (exact) mass is 418 g/mol. The highest BCUT2D eigenvalue weighted by Gasteiger charge is 2.65. The molecule has 1 aliphatic heterocycles. The van der Waals surface area contributed by atoms with Gasteiger partial charge in [0.05, 0.1) is 5.75 Å². The van der Waals surface area contributed by atoms with Crippen LogP contribution in [-0.4, -0.2) is 49.3 Å². The lowest BCUT2D eigenvalue weighted by Gasteiger charge is -2.42. The molecule has 3 fully saturated rings. The highest BCUT2D eigenvalue weighted by Crippen LogP contribution is 2.64. The number of sulfonamides is 1. The van der Waals surface area contributed by atoms with Crippen LogP contribution < -0.4 is 4.90 Å². The van der Waals surface area contributed by atoms with Crippen LogP contribution in [0.15, 0.2) is 24.3 Å². The van der Waals surface area contributed by atoms with E-state index < -0.39 is 21.5 Å². The Bertz CT molecular complexity index is 971. The number of amides is 1. The van der Waals surface area contributed by atoms with Gasteiger partial charge in [0.1, 0.15) is 11.8 Å². The molecule has 6 nitrogen and oxygen atoms in total. The average Bonchev–Trinajstić information content (AvgIpc) is 2.98. The van der Waals surface area contributed by atoms with Crippen molar-refractivity contribution in [2.75, 3.05) is 23.7 Å². The molecule has 3 atom stereocenters. The quantitative estimate of drug-likeness (QED) is 0.754. The normalized spacial score (nSPS) is 32.2. The molecule has 1 aromatic carbocycles. The van der Waals surface area contributed by atoms with E-state index in [9.17, 15) is 18.0 Å². The topological polar surface area (TPSA) is 74.8 Å². The van der Waals surface area contributed by atoms with Crippen LogP contribution in [0.1, 0.15) is 45.6 Å². The second-order valence-electron chi connectivity index (χ2n) is 9.49. The maximum atomic E-state index is 13.4. The van der Waals surface area contributed by atoms with E-state index in [0.29, 0.717) is 19.4 Å². The summed E-state index contributed by atoms with van der Waals surface area (Å²) in [6.07, 6.45) is 2.02. The number of para-hydroxylation sites is 1. The minimum absolute atomic E-state index is 0.0832. The van der Waals surface area contributed by atoms with Crippen LogP contribution in [0.3, 0.4) is 0 Å². The van der Waals surface area contributed by atoms with Gasteiger partial charge in [-0.25, -0.2) is 8.42 Å². The summed E-state index contributed by atoms with van der Waals surface area (Å²) in [7, 11) is -3.75. The number of hydrogen-bond donors (Lipinski definition) is 0. The van der Waals surface area contributed by atoms with Crippen LogP contribution in [-0.2, 0) is 19.6 Å². The number of aryl methyl sites for hydroxylation is 1. The van der Waals surface area contributed by atoms with Crippen LogP contribution in [0.5, 0.6) is 0 Å². The molecule has 3 aliphatic rings. The molecule has 2 aliphatic carbocycles. The fraction of sp³-hybridized carbons (Fsp3) is 0.636. The summed E-state index contributed by atoms with van der Waals surface area (Å²) in [6.45, 7) is 8.24. The van der Waals surface area contributed by atoms with Crippen molar-refractivity contribution in [1.82, 2.24) is 4.31 Å². The number of benzene rings is 1. The van der Waals surface area contributed by atoms with E-state index in [4.69, 9.17) is 0 Å². The molecule has 1 heterocycles. The van der Waals surface area contributed by atoms with Gasteiger partial charge in [0.2, 0.25) is 15.9 Å². The Hall–Kier alpha value is -1.73. The summed E-state index contributed by atoms with van der Waals surface area (Å²) in [5.74, 6) is -0.0421. The number of nitrogens with zero attached hydrogens (tertiary/aromatic N) is 2. The summed E-state index contributed by atoms with van der Waals surface area (Å²) in [5, 5.41) is 0. The first-order chi connectivity index (χ1) is 13.5. The van der Waals surface area contributed by atoms with Crippen molar-refractivity contribution in [1.29, 1.82) is 0 Å². The molecule has 0 spiro atoms. The molecule has 7 heteroatoms. The largest absolute Gasteiger partial charge is 0.309 e. The van der Waals surface area contributed by atoms with Crippen molar-refractivity contribution in [2.24, 2.45) is 16.7 Å². The molecule has 158 valence electrons. The van der Waals surface area contributed by atoms with Crippen LogP contribution in [0.2, 0.25) is 0 Å². The lowest BCUT2D eigenvalue weighted by atomic mass is 9.70. The Morgan fingerprint density at radius 3 is 2.41 bits per heavy atom. The third-order valence-corrected chi connectivity index (χ3v) is 10.0. The van der Waals surface area contributed by atoms with Gasteiger partial charge in [0, 0.05) is 30.6 Å². The van der Waals surface area contributed by atoms with Gasteiger partial charge in [0.15, 0.2) is 0 Å². The molecular formula is C22H30N2O4S. The Labute approximate surface area is 173 Å². The first-order valence-electron chi connectivity index (χ1n) is 10.4. The summed E-state index contributed by atoms with van der Waals surface area (Å²) in [5.41, 5.74) is 0.684. The molecule has 0 aromatic heterocycles. The van der Waals surface area contributed by atoms with E-state index >= 15 is 0 Å². The van der Waals surface area contributed by atoms with Crippen molar-refractivity contribution in [3.63, 3.8) is 0 Å². The van der Waals surface area contributed by atoms with Crippen molar-refractivity contribution < 1.29 is 18.0 Å². The zero-order valence-electron chi connectivity index (χ0n) is 17.6. The second kappa shape index (κ2) is 6.64. The highest BCUT2D eigenvalue weighted by atomic mass is 32.2. The number of hydrogen-bond acceptors (Lipinski definition) is 4. The zero-order chi connectivity index (χ0) is 21.2. The zero-order valence-corrected chi connectivity index (χ0v) is 18.5. The molecule has 29 heavy (non-hydrogen) atoms. The van der Waals surface area contributed by atoms with Gasteiger partial charge in [-0.2, -0.15) is 4.31 Å². The third kappa shape index (κ3) is 2.88. The number of carbonyl (C=O) groups excluding carboxylic acids is 2. The van der Waals surface area contributed by atoms with Crippen LogP contribution in [0, 0.1) is 23.7 Å². The van der Waals surface area contributed by atoms with E-state index in [0.717, 1.165) is 17.7 Å². The summed E-state index contributed by atoms with van der Waals surface area (Å²) >= 11 is 0. The van der Waals surface area contributed by atoms with Crippen molar-refractivity contribution in [3.05, 3.63) is 29.8 Å². The fourth-order valence-electron chi connectivity index (χ4n) is 5.84. The lowest BCUT2D eigenvalue weighted by molar-refractivity contribution is -0.128. The first-order valence-corrected chi connectivity index (χ1v) is 12.0. The van der Waals surface area contributed by atoms with Crippen molar-refractivity contribution in [2.45, 2.75) is 53.0 Å². The van der Waals surface area contributed by atoms with E-state index in [1.165, 1.54) is 4.31 Å². The van der Waals surface area contributed by atoms with E-state index in [-0.39, 0.29) is 35.3 Å². The molecule has 2 bridgehead atoms. The fourth-order valence-corrected chi connectivity index (χ4v) is 8.24. The van der Waals surface area contributed by atoms with Gasteiger partial charge in [0.25, 0.3) is 0 Å². The minimum atomic E-state index is -3.75. The standard InChI is InChI=1S/C22H30N2O4S/c1-15-7-5-6-8-18(15)23-11-12-24(16(2)20(23)26)29(27,28)14-22-10-9-17(13-19(22)25)21(22,3)4/h5-8,16-17H,9-14H2,1-4H3. The predicted octanol–water partition coefficient (Wildman–Crippen LogP) is 2.76. The van der Waals surface area contributed by atoms with Crippen LogP contribution in [0.25, 0.3) is 0 Å². The van der Waals surface area contributed by atoms with Crippen molar-refractivity contribution in [3.8, 4) is 0 Å². The van der Waals surface area contributed by atoms with Gasteiger partial charge in [-0.3, -0.25) is 9.59 Å². The molecule has 0 radical (unpaired) electrons. The van der Waals surface area contributed by atoms with E-state index in [2.05, 4.69) is 0 Å².